The molecule has 0 bridgehead atoms. The van der Waals surface area contributed by atoms with Crippen molar-refractivity contribution in [3.8, 4) is 5.75 Å². The van der Waals surface area contributed by atoms with Crippen LogP contribution in [-0.4, -0.2) is 71.0 Å². The second-order valence-corrected chi connectivity index (χ2v) is 11.4. The van der Waals surface area contributed by atoms with Crippen LogP contribution in [0.1, 0.15) is 64.5 Å². The van der Waals surface area contributed by atoms with E-state index < -0.39 is 24.3 Å². The third kappa shape index (κ3) is 15.3. The van der Waals surface area contributed by atoms with Gasteiger partial charge in [0.1, 0.15) is 12.4 Å². The Morgan fingerprint density at radius 1 is 0.935 bits per heavy atom. The van der Waals surface area contributed by atoms with Crippen LogP contribution in [0, 0.1) is 0 Å². The number of nitrogens with one attached hydrogen (secondary N) is 1. The molecule has 0 amide bonds. The van der Waals surface area contributed by atoms with Gasteiger partial charge in [0.05, 0.1) is 0 Å². The number of piperidine rings is 1. The van der Waals surface area contributed by atoms with Crippen LogP contribution in [0.25, 0.3) is 0 Å². The molecule has 1 unspecified atom stereocenters. The lowest BCUT2D eigenvalue weighted by atomic mass is 9.87. The van der Waals surface area contributed by atoms with Crippen molar-refractivity contribution in [2.24, 2.45) is 10.7 Å². The number of halogens is 6. The van der Waals surface area contributed by atoms with Gasteiger partial charge in [-0.25, -0.2) is 9.59 Å². The Morgan fingerprint density at radius 3 is 1.89 bits per heavy atom. The lowest BCUT2D eigenvalue weighted by molar-refractivity contribution is -0.193. The molecule has 0 radical (unpaired) electrons. The van der Waals surface area contributed by atoms with E-state index >= 15 is 0 Å². The first-order valence-electron chi connectivity index (χ1n) is 14.5. The molecule has 0 saturated carbocycles. The predicted molar refractivity (Wildman–Crippen MR) is 163 cm³/mol. The van der Waals surface area contributed by atoms with Crippen LogP contribution in [0.4, 0.5) is 32.0 Å². The first-order valence-corrected chi connectivity index (χ1v) is 14.5. The molecule has 0 aliphatic carbocycles. The highest BCUT2D eigenvalue weighted by atomic mass is 19.4. The largest absolute Gasteiger partial charge is 0.490 e. The number of alkyl halides is 6. The zero-order valence-corrected chi connectivity index (χ0v) is 26.2. The average molecular weight is 665 g/mol. The minimum absolute atomic E-state index is 0.167. The van der Waals surface area contributed by atoms with E-state index in [0.717, 1.165) is 36.9 Å². The number of hydrogen-bond donors (Lipinski definition) is 4. The number of rotatable bonds is 7. The standard InChI is InChI=1S/C27H40N4O.2C2HF3O2/c1-21-8-5-6-19-31(21)26(29-18-7-17-28)30-24-13-15-25(16-14-24)32-20-22-9-11-23(12-10-22)27(2,3)4;2*3-2(4,5)1(6)7/h9-16,21H,5-8,17-20,28H2,1-4H3,(H,29,30);2*(H,6,7). The quantitative estimate of drug-likeness (QED) is 0.110. The van der Waals surface area contributed by atoms with Gasteiger partial charge in [0, 0.05) is 24.8 Å². The molecule has 1 aliphatic heterocycles. The van der Waals surface area contributed by atoms with E-state index in [2.05, 4.69) is 74.3 Å². The van der Waals surface area contributed by atoms with E-state index in [1.165, 1.54) is 30.4 Å². The van der Waals surface area contributed by atoms with Crippen molar-refractivity contribution in [1.82, 2.24) is 4.90 Å². The van der Waals surface area contributed by atoms with Gasteiger partial charge in [-0.05, 0) is 80.0 Å². The van der Waals surface area contributed by atoms with Gasteiger partial charge in [-0.15, -0.1) is 0 Å². The fourth-order valence-corrected chi connectivity index (χ4v) is 3.92. The van der Waals surface area contributed by atoms with E-state index in [1.54, 1.807) is 0 Å². The van der Waals surface area contributed by atoms with Crippen LogP contribution >= 0.6 is 0 Å². The average Bonchev–Trinajstić information content (AvgIpc) is 2.96. The molecule has 2 aromatic carbocycles. The van der Waals surface area contributed by atoms with E-state index in [-0.39, 0.29) is 5.41 Å². The van der Waals surface area contributed by atoms with Crippen molar-refractivity contribution in [1.29, 1.82) is 0 Å². The molecule has 0 spiro atoms. The van der Waals surface area contributed by atoms with Crippen molar-refractivity contribution < 1.29 is 50.9 Å². The maximum absolute atomic E-state index is 10.6. The van der Waals surface area contributed by atoms with Gasteiger partial charge in [-0.3, -0.25) is 4.99 Å². The van der Waals surface area contributed by atoms with E-state index in [9.17, 15) is 26.3 Å². The summed E-state index contributed by atoms with van der Waals surface area (Å²) in [6, 6.07) is 17.3. The van der Waals surface area contributed by atoms with E-state index in [1.807, 2.05) is 12.1 Å². The first kappa shape index (κ1) is 40.0. The lowest BCUT2D eigenvalue weighted by Crippen LogP contribution is -2.45. The van der Waals surface area contributed by atoms with Crippen LogP contribution in [0.2, 0.25) is 0 Å². The highest BCUT2D eigenvalue weighted by Gasteiger charge is 2.38. The van der Waals surface area contributed by atoms with Crippen molar-refractivity contribution in [2.75, 3.05) is 25.0 Å². The molecule has 1 saturated heterocycles. The lowest BCUT2D eigenvalue weighted by Gasteiger charge is -2.36. The molecule has 9 nitrogen and oxygen atoms in total. The number of likely N-dealkylation sites (tertiary alicyclic amines) is 1. The summed E-state index contributed by atoms with van der Waals surface area (Å²) in [6.07, 6.45) is -5.55. The number of carboxylic acids is 2. The van der Waals surface area contributed by atoms with Crippen LogP contribution in [0.15, 0.2) is 53.5 Å². The summed E-state index contributed by atoms with van der Waals surface area (Å²) in [5, 5.41) is 17.8. The fourth-order valence-electron chi connectivity index (χ4n) is 3.92. The summed E-state index contributed by atoms with van der Waals surface area (Å²) in [7, 11) is 0. The maximum atomic E-state index is 10.6. The summed E-state index contributed by atoms with van der Waals surface area (Å²) >= 11 is 0. The number of anilines is 1. The number of nitrogens with zero attached hydrogens (tertiary/aromatic N) is 2. The summed E-state index contributed by atoms with van der Waals surface area (Å²) < 4.78 is 69.5. The van der Waals surface area contributed by atoms with Gasteiger partial charge in [-0.1, -0.05) is 45.0 Å². The molecule has 1 heterocycles. The Hall–Kier alpha value is -4.01. The smallest absolute Gasteiger partial charge is 0.489 e. The number of aliphatic carboxylic acids is 2. The summed E-state index contributed by atoms with van der Waals surface area (Å²) in [4.78, 5) is 25.0. The fraction of sp³-hybridized carbons (Fsp3) is 0.516. The monoisotopic (exact) mass is 664 g/mol. The van der Waals surface area contributed by atoms with Crippen molar-refractivity contribution >= 4 is 23.6 Å². The Balaban J connectivity index is 0.000000629. The molecule has 1 fully saturated rings. The number of guanidine groups is 1. The molecule has 46 heavy (non-hydrogen) atoms. The zero-order valence-electron chi connectivity index (χ0n) is 26.2. The van der Waals surface area contributed by atoms with E-state index in [4.69, 9.17) is 35.3 Å². The van der Waals surface area contributed by atoms with Crippen molar-refractivity contribution in [2.45, 2.75) is 83.8 Å². The molecule has 1 aliphatic rings. The van der Waals surface area contributed by atoms with Crippen LogP contribution in [-0.2, 0) is 21.6 Å². The third-order valence-corrected chi connectivity index (χ3v) is 6.52. The van der Waals surface area contributed by atoms with Gasteiger partial charge in [0.25, 0.3) is 0 Å². The Kier molecular flexibility index (Phi) is 15.8. The molecule has 3 rings (SSSR count). The molecule has 1 atom stereocenters. The minimum atomic E-state index is -5.08. The van der Waals surface area contributed by atoms with Gasteiger partial charge in [0.15, 0.2) is 5.96 Å². The van der Waals surface area contributed by atoms with Gasteiger partial charge in [-0.2, -0.15) is 26.3 Å². The second-order valence-electron chi connectivity index (χ2n) is 11.4. The second kappa shape index (κ2) is 18.2. The summed E-state index contributed by atoms with van der Waals surface area (Å²) in [6.45, 7) is 12.0. The normalized spacial score (nSPS) is 15.5. The number of carboxylic acid groups (broad SMARTS) is 2. The zero-order chi connectivity index (χ0) is 35.1. The molecular formula is C31H42F6N4O5. The third-order valence-electron chi connectivity index (χ3n) is 6.52. The number of nitrogens with two attached hydrogens (primary N) is 1. The first-order chi connectivity index (χ1) is 21.3. The Bertz CT molecular complexity index is 1220. The minimum Gasteiger partial charge on any atom is -0.489 e. The Labute approximate surface area is 264 Å². The number of carbonyl (C=O) groups is 2. The summed E-state index contributed by atoms with van der Waals surface area (Å²) in [5.74, 6) is -3.69. The van der Waals surface area contributed by atoms with Crippen LogP contribution < -0.4 is 15.8 Å². The van der Waals surface area contributed by atoms with Crippen LogP contribution in [0.5, 0.6) is 5.75 Å². The molecule has 2 aromatic rings. The number of benzene rings is 2. The van der Waals surface area contributed by atoms with E-state index in [0.29, 0.717) is 19.2 Å². The summed E-state index contributed by atoms with van der Waals surface area (Å²) in [5.41, 5.74) is 9.37. The van der Waals surface area contributed by atoms with Crippen molar-refractivity contribution in [3.63, 3.8) is 0 Å². The molecule has 0 aromatic heterocycles. The van der Waals surface area contributed by atoms with Crippen LogP contribution in [0.3, 0.4) is 0 Å². The SMILES string of the molecule is CC1CCCCN1C(=NCCCN)Nc1ccc(OCc2ccc(C(C)(C)C)cc2)cc1.O=C(O)C(F)(F)F.O=C(O)C(F)(F)F. The maximum Gasteiger partial charge on any atom is 0.490 e. The molecule has 5 N–H and O–H groups in total. The highest BCUT2D eigenvalue weighted by Crippen LogP contribution is 2.24. The number of ether oxygens (including phenoxy) is 1. The number of hydrogen-bond acceptors (Lipinski definition) is 5. The molecule has 258 valence electrons. The molecule has 15 heteroatoms. The topological polar surface area (TPSA) is 137 Å². The van der Waals surface area contributed by atoms with Crippen molar-refractivity contribution in [3.05, 3.63) is 59.7 Å². The predicted octanol–water partition coefficient (Wildman–Crippen LogP) is 6.82. The molecular weight excluding hydrogens is 622 g/mol. The van der Waals surface area contributed by atoms with Gasteiger partial charge in [0.2, 0.25) is 0 Å². The Morgan fingerprint density at radius 2 is 1.46 bits per heavy atom. The van der Waals surface area contributed by atoms with Gasteiger partial charge < -0.3 is 30.9 Å². The van der Waals surface area contributed by atoms with Gasteiger partial charge >= 0.3 is 24.3 Å². The number of aliphatic imine (C=N–C) groups is 1. The highest BCUT2D eigenvalue weighted by molar-refractivity contribution is 5.94.